The zero-order chi connectivity index (χ0) is 19.8. The number of carbonyl (C=O) groups excluding carboxylic acids is 1. The van der Waals surface area contributed by atoms with Crippen LogP contribution in [-0.2, 0) is 6.42 Å². The van der Waals surface area contributed by atoms with E-state index in [1.54, 1.807) is 5.19 Å². The molecule has 2 aromatic carbocycles. The normalized spacial score (nSPS) is 20.4. The number of rotatable bonds is 2. The van der Waals surface area contributed by atoms with Gasteiger partial charge in [-0.1, -0.05) is 86.1 Å². The lowest BCUT2D eigenvalue weighted by atomic mass is 9.96. The summed E-state index contributed by atoms with van der Waals surface area (Å²) < 4.78 is 0. The van der Waals surface area contributed by atoms with E-state index in [0.29, 0.717) is 0 Å². The Morgan fingerprint density at radius 1 is 0.889 bits per heavy atom. The molecule has 27 heavy (non-hydrogen) atoms. The number of hydrogen-bond acceptors (Lipinski definition) is 1. The minimum absolute atomic E-state index is 0.256. The average molecular weight is 408 g/mol. The second kappa shape index (κ2) is 5.66. The molecule has 2 aliphatic rings. The molecule has 5 heteroatoms. The summed E-state index contributed by atoms with van der Waals surface area (Å²) in [5.74, 6) is -0.256. The van der Waals surface area contributed by atoms with Gasteiger partial charge < -0.3 is 5.73 Å². The van der Waals surface area contributed by atoms with Gasteiger partial charge in [-0.2, -0.15) is 0 Å². The van der Waals surface area contributed by atoms with E-state index < -0.39 is 22.3 Å². The predicted octanol–water partition coefficient (Wildman–Crippen LogP) is 3.73. The van der Waals surface area contributed by atoms with Crippen molar-refractivity contribution in [2.24, 2.45) is 5.73 Å². The second-order valence-electron chi connectivity index (χ2n) is 9.63. The van der Waals surface area contributed by atoms with Crippen LogP contribution in [0.4, 0.5) is 0 Å². The van der Waals surface area contributed by atoms with E-state index >= 15 is 0 Å². The molecule has 0 atom stereocenters. The van der Waals surface area contributed by atoms with Crippen molar-refractivity contribution in [3.63, 3.8) is 0 Å². The summed E-state index contributed by atoms with van der Waals surface area (Å²) in [6, 6.07) is 10.9. The van der Waals surface area contributed by atoms with Gasteiger partial charge >= 0.3 is 0 Å². The maximum atomic E-state index is 12.4. The highest BCUT2D eigenvalue weighted by molar-refractivity contribution is 7.76. The highest BCUT2D eigenvalue weighted by Crippen LogP contribution is 2.39. The number of benzene rings is 2. The Labute approximate surface area is 165 Å². The fourth-order valence-corrected chi connectivity index (χ4v) is 40.3. The Balaban J connectivity index is 2.14. The lowest BCUT2D eigenvalue weighted by Crippen LogP contribution is -2.68. The van der Waals surface area contributed by atoms with Gasteiger partial charge in [0.2, 0.25) is 5.91 Å². The largest absolute Gasteiger partial charge is 0.366 e. The van der Waals surface area contributed by atoms with Crippen LogP contribution in [0.2, 0.25) is 39.3 Å². The van der Waals surface area contributed by atoms with E-state index in [1.165, 1.54) is 27.4 Å². The maximum Gasteiger partial charge on any atom is 0.248 e. The molecule has 1 heterocycles. The second-order valence-corrected chi connectivity index (χ2v) is 36.9. The van der Waals surface area contributed by atoms with Crippen molar-refractivity contribution in [1.29, 1.82) is 0 Å². The van der Waals surface area contributed by atoms with Gasteiger partial charge in [0.05, 0.1) is 15.2 Å². The van der Waals surface area contributed by atoms with Gasteiger partial charge in [0.15, 0.2) is 0 Å². The summed E-state index contributed by atoms with van der Waals surface area (Å²) in [5, 5.41) is 2.93. The zero-order valence-corrected chi connectivity index (χ0v) is 20.2. The molecule has 1 aliphatic heterocycles. The molecule has 0 bridgehead atoms. The molecule has 0 aromatic heterocycles. The number of carbonyl (C=O) groups is 1. The SMILES string of the molecule is C[Si]1(C)c2c(C(N)=O)ccc(-c3cccc4c3C=CC4)c2[Si](C)(C)[Si]1(C)C. The standard InChI is InChI=1S/C22H29NOSi3/c1-25(2)20-18(17-12-8-10-15-9-7-11-16(15)17)13-14-19(22(23)24)21(20)26(3,4)27(25,5)6/h7-8,10-14H,9H2,1-6H3,(H2,23,24). The van der Waals surface area contributed by atoms with Gasteiger partial charge in [0, 0.05) is 12.7 Å². The maximum absolute atomic E-state index is 12.4. The molecule has 2 N–H and O–H groups in total. The van der Waals surface area contributed by atoms with Gasteiger partial charge in [0.1, 0.15) is 0 Å². The van der Waals surface area contributed by atoms with Crippen molar-refractivity contribution in [2.75, 3.05) is 0 Å². The topological polar surface area (TPSA) is 43.1 Å². The van der Waals surface area contributed by atoms with Gasteiger partial charge in [-0.15, -0.1) is 0 Å². The average Bonchev–Trinajstić information content (AvgIpc) is 3.11. The van der Waals surface area contributed by atoms with Crippen LogP contribution in [0, 0.1) is 0 Å². The van der Waals surface area contributed by atoms with Crippen LogP contribution in [0.15, 0.2) is 36.4 Å². The Kier molecular flexibility index (Phi) is 3.91. The van der Waals surface area contributed by atoms with Crippen LogP contribution in [0.25, 0.3) is 17.2 Å². The molecule has 0 fully saturated rings. The molecule has 2 nitrogen and oxygen atoms in total. The Hall–Kier alpha value is -1.70. The number of allylic oxidation sites excluding steroid dienone is 1. The number of amides is 1. The molecule has 1 amide bonds. The predicted molar refractivity (Wildman–Crippen MR) is 125 cm³/mol. The van der Waals surface area contributed by atoms with Gasteiger partial charge in [-0.05, 0) is 34.7 Å². The van der Waals surface area contributed by atoms with Crippen LogP contribution in [0.3, 0.4) is 0 Å². The summed E-state index contributed by atoms with van der Waals surface area (Å²) in [5.41, 5.74) is 12.1. The van der Waals surface area contributed by atoms with E-state index in [4.69, 9.17) is 5.73 Å². The number of fused-ring (bicyclic) bond motifs is 2. The quantitative estimate of drug-likeness (QED) is 0.757. The lowest BCUT2D eigenvalue weighted by Gasteiger charge is -2.40. The molecule has 0 spiro atoms. The molecule has 140 valence electrons. The fraction of sp³-hybridized carbons (Fsp3) is 0.318. The van der Waals surface area contributed by atoms with Crippen molar-refractivity contribution in [2.45, 2.75) is 45.7 Å². The van der Waals surface area contributed by atoms with Gasteiger partial charge in [-0.3, -0.25) is 4.79 Å². The summed E-state index contributed by atoms with van der Waals surface area (Å²) in [7, 11) is -4.95. The van der Waals surface area contributed by atoms with Gasteiger partial charge in [-0.25, -0.2) is 0 Å². The monoisotopic (exact) mass is 407 g/mol. The molecule has 1 aliphatic carbocycles. The Morgan fingerprint density at radius 3 is 2.22 bits per heavy atom. The first-order chi connectivity index (χ1) is 12.5. The molecular weight excluding hydrogens is 379 g/mol. The molecule has 0 saturated heterocycles. The van der Waals surface area contributed by atoms with Crippen molar-refractivity contribution in [1.82, 2.24) is 0 Å². The van der Waals surface area contributed by atoms with E-state index in [0.717, 1.165) is 12.0 Å². The third-order valence-corrected chi connectivity index (χ3v) is 49.5. The van der Waals surface area contributed by atoms with Crippen molar-refractivity contribution in [3.8, 4) is 11.1 Å². The molecule has 2 aromatic rings. The molecule has 0 radical (unpaired) electrons. The summed E-state index contributed by atoms with van der Waals surface area (Å²) in [4.78, 5) is 12.4. The van der Waals surface area contributed by atoms with Crippen molar-refractivity contribution >= 4 is 44.6 Å². The van der Waals surface area contributed by atoms with E-state index in [1.807, 2.05) is 6.07 Å². The lowest BCUT2D eigenvalue weighted by molar-refractivity contribution is 0.100. The summed E-state index contributed by atoms with van der Waals surface area (Å²) in [6.07, 6.45) is 5.55. The van der Waals surface area contributed by atoms with Crippen LogP contribution < -0.4 is 16.1 Å². The third kappa shape index (κ3) is 2.25. The highest BCUT2D eigenvalue weighted by Gasteiger charge is 2.62. The number of primary amides is 1. The summed E-state index contributed by atoms with van der Waals surface area (Å²) >= 11 is 0. The van der Waals surface area contributed by atoms with E-state index in [2.05, 4.69) is 75.7 Å². The fourth-order valence-electron chi connectivity index (χ4n) is 5.26. The minimum atomic E-state index is -1.74. The van der Waals surface area contributed by atoms with E-state index in [9.17, 15) is 4.79 Å². The molecule has 4 rings (SSSR count). The smallest absolute Gasteiger partial charge is 0.248 e. The zero-order valence-electron chi connectivity index (χ0n) is 17.2. The first-order valence-electron chi connectivity index (χ1n) is 9.78. The first kappa shape index (κ1) is 18.7. The van der Waals surface area contributed by atoms with Crippen LogP contribution in [0.1, 0.15) is 21.5 Å². The van der Waals surface area contributed by atoms with Crippen LogP contribution >= 0.6 is 0 Å². The van der Waals surface area contributed by atoms with Crippen LogP contribution in [0.5, 0.6) is 0 Å². The number of nitrogens with two attached hydrogens (primary N) is 1. The molecule has 0 saturated carbocycles. The van der Waals surface area contributed by atoms with Crippen LogP contribution in [-0.4, -0.2) is 28.2 Å². The minimum Gasteiger partial charge on any atom is -0.366 e. The first-order valence-corrected chi connectivity index (χ1v) is 20.8. The molecular formula is C22H29NOSi3. The third-order valence-electron chi connectivity index (χ3n) is 7.95. The van der Waals surface area contributed by atoms with Crippen molar-refractivity contribution < 1.29 is 4.79 Å². The number of hydrogen-bond donors (Lipinski definition) is 1. The highest BCUT2D eigenvalue weighted by atomic mass is 29.6. The van der Waals surface area contributed by atoms with Gasteiger partial charge in [0.25, 0.3) is 0 Å². The molecule has 0 unspecified atom stereocenters. The van der Waals surface area contributed by atoms with E-state index in [-0.39, 0.29) is 5.91 Å². The Morgan fingerprint density at radius 2 is 1.56 bits per heavy atom. The van der Waals surface area contributed by atoms with Crippen molar-refractivity contribution in [3.05, 3.63) is 53.1 Å². The summed E-state index contributed by atoms with van der Waals surface area (Å²) in [6.45, 7) is 15.2. The Bertz CT molecular complexity index is 1020.